The Morgan fingerprint density at radius 2 is 2.21 bits per heavy atom. The van der Waals surface area contributed by atoms with Crippen molar-refractivity contribution in [3.63, 3.8) is 0 Å². The molecular weight excluding hydrogens is 262 g/mol. The molecule has 1 aliphatic heterocycles. The molecule has 1 atom stereocenters. The summed E-state index contributed by atoms with van der Waals surface area (Å²) >= 11 is 1.43. The van der Waals surface area contributed by atoms with Gasteiger partial charge in [-0.15, -0.1) is 11.3 Å². The van der Waals surface area contributed by atoms with Crippen molar-refractivity contribution in [2.24, 2.45) is 0 Å². The van der Waals surface area contributed by atoms with Gasteiger partial charge in [0.15, 0.2) is 0 Å². The van der Waals surface area contributed by atoms with E-state index in [-0.39, 0.29) is 5.78 Å². The first-order valence-corrected chi connectivity index (χ1v) is 6.98. The summed E-state index contributed by atoms with van der Waals surface area (Å²) < 4.78 is 1.84. The molecule has 1 unspecified atom stereocenters. The molecule has 1 N–H and O–H groups in total. The highest BCUT2D eigenvalue weighted by Gasteiger charge is 2.31. The zero-order chi connectivity index (χ0) is 13.6. The van der Waals surface area contributed by atoms with Gasteiger partial charge in [-0.25, -0.2) is 0 Å². The number of carbonyl (C=O) groups is 2. The monoisotopic (exact) mass is 275 g/mol. The van der Waals surface area contributed by atoms with Gasteiger partial charge < -0.3 is 9.67 Å². The van der Waals surface area contributed by atoms with Crippen molar-refractivity contribution < 1.29 is 14.7 Å². The predicted octanol–water partition coefficient (Wildman–Crippen LogP) is 2.66. The van der Waals surface area contributed by atoms with Crippen LogP contribution in [0.2, 0.25) is 0 Å². The van der Waals surface area contributed by atoms with Gasteiger partial charge in [-0.05, 0) is 42.5 Å². The average Bonchev–Trinajstić information content (AvgIpc) is 3.01. The van der Waals surface area contributed by atoms with E-state index in [9.17, 15) is 9.59 Å². The van der Waals surface area contributed by atoms with Crippen LogP contribution in [0.5, 0.6) is 0 Å². The summed E-state index contributed by atoms with van der Waals surface area (Å²) in [6, 6.07) is 5.37. The van der Waals surface area contributed by atoms with Crippen molar-refractivity contribution in [2.45, 2.75) is 25.8 Å². The largest absolute Gasteiger partial charge is 0.481 e. The SMILES string of the molecule is Cc1csc(C(=O)c2ccc3n2CCC3C(=O)O)c1. The zero-order valence-corrected chi connectivity index (χ0v) is 11.2. The van der Waals surface area contributed by atoms with Gasteiger partial charge in [0.1, 0.15) is 0 Å². The van der Waals surface area contributed by atoms with E-state index in [0.717, 1.165) is 11.3 Å². The fourth-order valence-electron chi connectivity index (χ4n) is 2.57. The molecule has 0 aromatic carbocycles. The second kappa shape index (κ2) is 4.35. The number of thiophene rings is 1. The number of carboxylic acids is 1. The maximum atomic E-state index is 12.4. The number of hydrogen-bond donors (Lipinski definition) is 1. The van der Waals surface area contributed by atoms with Crippen molar-refractivity contribution in [3.05, 3.63) is 45.4 Å². The molecular formula is C14H13NO3S. The highest BCUT2D eigenvalue weighted by molar-refractivity contribution is 7.12. The molecule has 0 aliphatic carbocycles. The first-order chi connectivity index (χ1) is 9.08. The summed E-state index contributed by atoms with van der Waals surface area (Å²) in [5.74, 6) is -1.31. The number of hydrogen-bond acceptors (Lipinski definition) is 3. The number of aliphatic carboxylic acids is 1. The first kappa shape index (κ1) is 12.2. The number of carboxylic acid groups (broad SMARTS) is 1. The van der Waals surface area contributed by atoms with Crippen molar-refractivity contribution in [2.75, 3.05) is 0 Å². The number of nitrogens with zero attached hydrogens (tertiary/aromatic N) is 1. The van der Waals surface area contributed by atoms with Crippen LogP contribution in [0, 0.1) is 6.92 Å². The quantitative estimate of drug-likeness (QED) is 0.876. The number of aromatic nitrogens is 1. The van der Waals surface area contributed by atoms with Gasteiger partial charge in [0.2, 0.25) is 5.78 Å². The minimum absolute atomic E-state index is 0.0182. The van der Waals surface area contributed by atoms with Gasteiger partial charge in [-0.2, -0.15) is 0 Å². The summed E-state index contributed by atoms with van der Waals surface area (Å²) in [5.41, 5.74) is 2.41. The van der Waals surface area contributed by atoms with Gasteiger partial charge in [0.05, 0.1) is 16.5 Å². The standard InChI is InChI=1S/C14H13NO3S/c1-8-6-12(19-7-8)13(16)11-3-2-10-9(14(17)18)4-5-15(10)11/h2-3,6-7,9H,4-5H2,1H3,(H,17,18). The summed E-state index contributed by atoms with van der Waals surface area (Å²) in [6.45, 7) is 2.56. The van der Waals surface area contributed by atoms with Gasteiger partial charge in [0.25, 0.3) is 0 Å². The van der Waals surface area contributed by atoms with Crippen LogP contribution in [0.3, 0.4) is 0 Å². The molecule has 0 radical (unpaired) electrons. The molecule has 1 aliphatic rings. The minimum Gasteiger partial charge on any atom is -0.481 e. The third-order valence-electron chi connectivity index (χ3n) is 3.50. The van der Waals surface area contributed by atoms with E-state index in [1.807, 2.05) is 22.9 Å². The summed E-state index contributed by atoms with van der Waals surface area (Å²) in [5, 5.41) is 11.1. The van der Waals surface area contributed by atoms with Crippen LogP contribution < -0.4 is 0 Å². The molecule has 0 saturated heterocycles. The Labute approximate surface area is 114 Å². The van der Waals surface area contributed by atoms with Gasteiger partial charge >= 0.3 is 5.97 Å². The number of aryl methyl sites for hydroxylation is 1. The van der Waals surface area contributed by atoms with Crippen LogP contribution >= 0.6 is 11.3 Å². The van der Waals surface area contributed by atoms with Gasteiger partial charge in [0, 0.05) is 12.2 Å². The highest BCUT2D eigenvalue weighted by Crippen LogP contribution is 2.32. The molecule has 3 rings (SSSR count). The fraction of sp³-hybridized carbons (Fsp3) is 0.286. The van der Waals surface area contributed by atoms with Gasteiger partial charge in [-0.3, -0.25) is 9.59 Å². The van der Waals surface area contributed by atoms with E-state index < -0.39 is 11.9 Å². The normalized spacial score (nSPS) is 17.4. The molecule has 2 aromatic heterocycles. The Balaban J connectivity index is 1.98. The molecule has 0 fully saturated rings. The lowest BCUT2D eigenvalue weighted by molar-refractivity contribution is -0.138. The van der Waals surface area contributed by atoms with Crippen molar-refractivity contribution in [1.29, 1.82) is 0 Å². The Kier molecular flexibility index (Phi) is 2.78. The van der Waals surface area contributed by atoms with E-state index in [0.29, 0.717) is 23.5 Å². The van der Waals surface area contributed by atoms with Crippen LogP contribution in [0.4, 0.5) is 0 Å². The van der Waals surface area contributed by atoms with E-state index in [2.05, 4.69) is 0 Å². The van der Waals surface area contributed by atoms with E-state index in [4.69, 9.17) is 5.11 Å². The summed E-state index contributed by atoms with van der Waals surface area (Å²) in [4.78, 5) is 24.2. The number of ketones is 1. The maximum Gasteiger partial charge on any atom is 0.312 e. The fourth-order valence-corrected chi connectivity index (χ4v) is 3.41. The van der Waals surface area contributed by atoms with Crippen LogP contribution in [0.25, 0.3) is 0 Å². The summed E-state index contributed by atoms with van der Waals surface area (Å²) in [7, 11) is 0. The lowest BCUT2D eigenvalue weighted by Crippen LogP contribution is -2.09. The van der Waals surface area contributed by atoms with Crippen molar-refractivity contribution in [1.82, 2.24) is 4.57 Å². The van der Waals surface area contributed by atoms with Crippen LogP contribution in [-0.2, 0) is 11.3 Å². The second-order valence-electron chi connectivity index (χ2n) is 4.79. The Bertz CT molecular complexity index is 668. The molecule has 19 heavy (non-hydrogen) atoms. The van der Waals surface area contributed by atoms with Crippen LogP contribution in [0.15, 0.2) is 23.6 Å². The third-order valence-corrected chi connectivity index (χ3v) is 4.54. The third kappa shape index (κ3) is 1.90. The Hall–Kier alpha value is -1.88. The lowest BCUT2D eigenvalue weighted by atomic mass is 10.1. The first-order valence-electron chi connectivity index (χ1n) is 6.10. The number of fused-ring (bicyclic) bond motifs is 1. The zero-order valence-electron chi connectivity index (χ0n) is 10.4. The molecule has 0 spiro atoms. The van der Waals surface area contributed by atoms with Gasteiger partial charge in [-0.1, -0.05) is 0 Å². The molecule has 0 amide bonds. The van der Waals surface area contributed by atoms with Crippen LogP contribution in [0.1, 0.15) is 39.0 Å². The van der Waals surface area contributed by atoms with Crippen molar-refractivity contribution in [3.8, 4) is 0 Å². The molecule has 3 heterocycles. The van der Waals surface area contributed by atoms with E-state index >= 15 is 0 Å². The van der Waals surface area contributed by atoms with E-state index in [1.54, 1.807) is 12.1 Å². The Morgan fingerprint density at radius 3 is 2.84 bits per heavy atom. The Morgan fingerprint density at radius 1 is 1.42 bits per heavy atom. The van der Waals surface area contributed by atoms with Crippen LogP contribution in [-0.4, -0.2) is 21.4 Å². The molecule has 98 valence electrons. The smallest absolute Gasteiger partial charge is 0.312 e. The molecule has 2 aromatic rings. The van der Waals surface area contributed by atoms with Crippen molar-refractivity contribution >= 4 is 23.1 Å². The lowest BCUT2D eigenvalue weighted by Gasteiger charge is -2.04. The average molecular weight is 275 g/mol. The van der Waals surface area contributed by atoms with E-state index in [1.165, 1.54) is 11.3 Å². The molecule has 0 saturated carbocycles. The summed E-state index contributed by atoms with van der Waals surface area (Å²) in [6.07, 6.45) is 0.565. The molecule has 5 heteroatoms. The minimum atomic E-state index is -0.817. The molecule has 0 bridgehead atoms. The maximum absolute atomic E-state index is 12.4. The second-order valence-corrected chi connectivity index (χ2v) is 5.70. The number of carbonyl (C=O) groups excluding carboxylic acids is 1. The predicted molar refractivity (Wildman–Crippen MR) is 71.9 cm³/mol. The number of rotatable bonds is 3. The topological polar surface area (TPSA) is 59.3 Å². The molecule has 4 nitrogen and oxygen atoms in total. The highest BCUT2D eigenvalue weighted by atomic mass is 32.1.